The van der Waals surface area contributed by atoms with E-state index in [1.807, 2.05) is 36.4 Å². The van der Waals surface area contributed by atoms with Gasteiger partial charge in [0.1, 0.15) is 5.75 Å². The Bertz CT molecular complexity index is 1000. The second-order valence-corrected chi connectivity index (χ2v) is 7.32. The second-order valence-electron chi connectivity index (χ2n) is 6.48. The van der Waals surface area contributed by atoms with Gasteiger partial charge >= 0.3 is 0 Å². The molecule has 1 unspecified atom stereocenters. The van der Waals surface area contributed by atoms with Gasteiger partial charge in [0.15, 0.2) is 0 Å². The number of phenolic OH excluding ortho intramolecular Hbond substituents is 1. The van der Waals surface area contributed by atoms with Gasteiger partial charge in [-0.25, -0.2) is 0 Å². The summed E-state index contributed by atoms with van der Waals surface area (Å²) in [6.07, 6.45) is 1.30. The molecule has 1 aliphatic heterocycles. The summed E-state index contributed by atoms with van der Waals surface area (Å²) in [7, 11) is 0. The molecular formula is C21H17Cl2NO2. The van der Waals surface area contributed by atoms with Gasteiger partial charge < -0.3 is 10.0 Å². The number of fused-ring (bicyclic) bond motifs is 1. The molecular weight excluding hydrogens is 369 g/mol. The van der Waals surface area contributed by atoms with Crippen LogP contribution in [0.3, 0.4) is 0 Å². The molecule has 1 amide bonds. The predicted octanol–water partition coefficient (Wildman–Crippen LogP) is 5.56. The maximum atomic E-state index is 12.6. The molecule has 5 heteroatoms. The molecule has 0 radical (unpaired) electrons. The Balaban J connectivity index is 2.00. The molecule has 4 rings (SSSR count). The van der Waals surface area contributed by atoms with E-state index in [1.54, 1.807) is 23.1 Å². The molecule has 3 nitrogen and oxygen atoms in total. The van der Waals surface area contributed by atoms with Gasteiger partial charge in [-0.2, -0.15) is 0 Å². The zero-order valence-corrected chi connectivity index (χ0v) is 15.5. The van der Waals surface area contributed by atoms with E-state index < -0.39 is 6.04 Å². The maximum Gasteiger partial charge on any atom is 0.223 e. The third kappa shape index (κ3) is 2.91. The standard InChI is InChI=1S/C21H17Cl2NO2/c22-14-8-9-16(17(23)12-14)21(24-11-3-6-19(24)26)20-15-5-2-1-4-13(15)7-10-18(20)25/h1-2,4-5,7-10,12,21,25H,3,6,11H2. The third-order valence-electron chi connectivity index (χ3n) is 4.90. The highest BCUT2D eigenvalue weighted by Gasteiger charge is 2.34. The van der Waals surface area contributed by atoms with Gasteiger partial charge in [-0.15, -0.1) is 0 Å². The van der Waals surface area contributed by atoms with Gasteiger partial charge in [0, 0.05) is 28.6 Å². The van der Waals surface area contributed by atoms with E-state index in [4.69, 9.17) is 23.2 Å². The summed E-state index contributed by atoms with van der Waals surface area (Å²) < 4.78 is 0. The highest BCUT2D eigenvalue weighted by Crippen LogP contribution is 2.43. The zero-order valence-electron chi connectivity index (χ0n) is 14.0. The molecule has 0 aliphatic carbocycles. The van der Waals surface area contributed by atoms with Crippen molar-refractivity contribution in [3.05, 3.63) is 75.8 Å². The van der Waals surface area contributed by atoms with Gasteiger partial charge in [0.2, 0.25) is 5.91 Å². The predicted molar refractivity (Wildman–Crippen MR) is 105 cm³/mol. The molecule has 3 aromatic carbocycles. The van der Waals surface area contributed by atoms with Gasteiger partial charge in [-0.3, -0.25) is 4.79 Å². The van der Waals surface area contributed by atoms with Crippen molar-refractivity contribution in [2.75, 3.05) is 6.54 Å². The van der Waals surface area contributed by atoms with E-state index >= 15 is 0 Å². The van der Waals surface area contributed by atoms with Crippen molar-refractivity contribution in [2.24, 2.45) is 0 Å². The topological polar surface area (TPSA) is 40.5 Å². The largest absolute Gasteiger partial charge is 0.508 e. The Morgan fingerprint density at radius 3 is 2.58 bits per heavy atom. The number of carbonyl (C=O) groups excluding carboxylic acids is 1. The Morgan fingerprint density at radius 2 is 1.85 bits per heavy atom. The van der Waals surface area contributed by atoms with Crippen LogP contribution in [-0.2, 0) is 4.79 Å². The average Bonchev–Trinajstić information content (AvgIpc) is 3.04. The summed E-state index contributed by atoms with van der Waals surface area (Å²) >= 11 is 12.6. The molecule has 3 aromatic rings. The van der Waals surface area contributed by atoms with Crippen molar-refractivity contribution >= 4 is 39.9 Å². The van der Waals surface area contributed by atoms with Crippen LogP contribution in [0, 0.1) is 0 Å². The number of halogens is 2. The lowest BCUT2D eigenvalue weighted by atomic mass is 9.91. The lowest BCUT2D eigenvalue weighted by Crippen LogP contribution is -2.31. The van der Waals surface area contributed by atoms with E-state index in [1.165, 1.54) is 0 Å². The lowest BCUT2D eigenvalue weighted by Gasteiger charge is -2.31. The summed E-state index contributed by atoms with van der Waals surface area (Å²) in [6.45, 7) is 0.630. The molecule has 1 atom stereocenters. The number of nitrogens with zero attached hydrogens (tertiary/aromatic N) is 1. The van der Waals surface area contributed by atoms with E-state index in [9.17, 15) is 9.90 Å². The molecule has 0 saturated carbocycles. The SMILES string of the molecule is O=C1CCCN1C(c1ccc(Cl)cc1Cl)c1c(O)ccc2ccccc12. The number of hydrogen-bond acceptors (Lipinski definition) is 2. The van der Waals surface area contributed by atoms with Crippen molar-refractivity contribution in [3.63, 3.8) is 0 Å². The summed E-state index contributed by atoms with van der Waals surface area (Å²) in [6, 6.07) is 16.2. The Labute approximate surface area is 161 Å². The fourth-order valence-corrected chi connectivity index (χ4v) is 4.23. The third-order valence-corrected chi connectivity index (χ3v) is 5.46. The van der Waals surface area contributed by atoms with Crippen LogP contribution in [0.15, 0.2) is 54.6 Å². The Kier molecular flexibility index (Phi) is 4.51. The summed E-state index contributed by atoms with van der Waals surface area (Å²) in [5, 5.41) is 13.6. The smallest absolute Gasteiger partial charge is 0.223 e. The van der Waals surface area contributed by atoms with Crippen LogP contribution >= 0.6 is 23.2 Å². The molecule has 1 fully saturated rings. The fourth-order valence-electron chi connectivity index (χ4n) is 3.72. The monoisotopic (exact) mass is 385 g/mol. The number of likely N-dealkylation sites (tertiary alicyclic amines) is 1. The van der Waals surface area contributed by atoms with E-state index in [2.05, 4.69) is 0 Å². The van der Waals surface area contributed by atoms with Crippen molar-refractivity contribution in [3.8, 4) is 5.75 Å². The average molecular weight is 386 g/mol. The zero-order chi connectivity index (χ0) is 18.3. The number of aromatic hydroxyl groups is 1. The molecule has 26 heavy (non-hydrogen) atoms. The minimum atomic E-state index is -0.458. The number of rotatable bonds is 3. The molecule has 1 heterocycles. The number of hydrogen-bond donors (Lipinski definition) is 1. The van der Waals surface area contributed by atoms with Gasteiger partial charge in [0.05, 0.1) is 6.04 Å². The molecule has 1 saturated heterocycles. The van der Waals surface area contributed by atoms with Crippen molar-refractivity contribution in [1.82, 2.24) is 4.90 Å². The summed E-state index contributed by atoms with van der Waals surface area (Å²) in [5.41, 5.74) is 1.46. The van der Waals surface area contributed by atoms with Gasteiger partial charge in [-0.05, 0) is 41.0 Å². The Hall–Kier alpha value is -2.23. The maximum absolute atomic E-state index is 12.6. The minimum Gasteiger partial charge on any atom is -0.508 e. The summed E-state index contributed by atoms with van der Waals surface area (Å²) in [5.74, 6) is 0.216. The van der Waals surface area contributed by atoms with Crippen LogP contribution in [-0.4, -0.2) is 22.5 Å². The van der Waals surface area contributed by atoms with Crippen LogP contribution in [0.25, 0.3) is 10.8 Å². The molecule has 132 valence electrons. The number of benzene rings is 3. The molecule has 0 aromatic heterocycles. The number of phenols is 1. The van der Waals surface area contributed by atoms with Gasteiger partial charge in [-0.1, -0.05) is 59.6 Å². The van der Waals surface area contributed by atoms with E-state index in [0.29, 0.717) is 28.6 Å². The first-order chi connectivity index (χ1) is 12.6. The van der Waals surface area contributed by atoms with E-state index in [0.717, 1.165) is 22.8 Å². The fraction of sp³-hybridized carbons (Fsp3) is 0.190. The quantitative estimate of drug-likeness (QED) is 0.640. The molecule has 0 bridgehead atoms. The molecule has 0 spiro atoms. The highest BCUT2D eigenvalue weighted by molar-refractivity contribution is 6.35. The summed E-state index contributed by atoms with van der Waals surface area (Å²) in [4.78, 5) is 14.4. The van der Waals surface area contributed by atoms with Crippen LogP contribution in [0.4, 0.5) is 0 Å². The first-order valence-corrected chi connectivity index (χ1v) is 9.27. The Morgan fingerprint density at radius 1 is 1.04 bits per heavy atom. The van der Waals surface area contributed by atoms with Crippen molar-refractivity contribution in [1.29, 1.82) is 0 Å². The van der Waals surface area contributed by atoms with Gasteiger partial charge in [0.25, 0.3) is 0 Å². The van der Waals surface area contributed by atoms with Crippen LogP contribution in [0.5, 0.6) is 5.75 Å². The molecule has 1 N–H and O–H groups in total. The first-order valence-electron chi connectivity index (χ1n) is 8.51. The normalized spacial score (nSPS) is 15.6. The lowest BCUT2D eigenvalue weighted by molar-refractivity contribution is -0.129. The van der Waals surface area contributed by atoms with Crippen molar-refractivity contribution < 1.29 is 9.90 Å². The van der Waals surface area contributed by atoms with Crippen LogP contribution in [0.1, 0.15) is 30.0 Å². The van der Waals surface area contributed by atoms with Crippen LogP contribution in [0.2, 0.25) is 10.0 Å². The minimum absolute atomic E-state index is 0.0633. The number of carbonyl (C=O) groups is 1. The highest BCUT2D eigenvalue weighted by atomic mass is 35.5. The second kappa shape index (κ2) is 6.82. The molecule has 1 aliphatic rings. The van der Waals surface area contributed by atoms with Crippen LogP contribution < -0.4 is 0 Å². The number of amides is 1. The first kappa shape index (κ1) is 17.2. The van der Waals surface area contributed by atoms with Crippen molar-refractivity contribution in [2.45, 2.75) is 18.9 Å². The van der Waals surface area contributed by atoms with E-state index in [-0.39, 0.29) is 11.7 Å².